The molecule has 0 spiro atoms. The standard InChI is InChI=1S/C30H28O8.2C27H28O6.8C2H6.2CH4/c1-14-21-8-17(26(34)12-28(21)36)7-16-6-15(24(32)11-25(16)33)2-4-19(20-5-3-18(31)9-27(20)35)23-10-22(14)29(37)13-30(23)38;2*1-3-4-15-5-6-16-7-17(23(29)11-22(16)28)8-18-9-19(25(31)12-24(18)30)14(2)20-10-21(15)27(33)13-26(20)32;8*1-2;;/h3,5-6,8-14,19,31-38H,2,4,7H2,1H3;2*3,7,9-15,28-33H,1,4-6,8H2,2H3;8*1-2H3;2*1H4. The normalized spacial score (nSPS) is 15.4. The van der Waals surface area contributed by atoms with Crippen LogP contribution in [0.2, 0.25) is 0 Å². The van der Waals surface area contributed by atoms with Crippen molar-refractivity contribution >= 4 is 0 Å². The molecule has 0 fully saturated rings. The molecule has 668 valence electrons. The van der Waals surface area contributed by atoms with Gasteiger partial charge in [-0.05, 0) is 185 Å². The zero-order valence-electron chi connectivity index (χ0n) is 73.4. The van der Waals surface area contributed by atoms with Crippen LogP contribution < -0.4 is 0 Å². The van der Waals surface area contributed by atoms with E-state index in [0.717, 1.165) is 0 Å². The Balaban J connectivity index is 0.000000839. The fourth-order valence-electron chi connectivity index (χ4n) is 14.8. The maximum Gasteiger partial charge on any atom is 0.123 e. The molecule has 10 aromatic rings. The largest absolute Gasteiger partial charge is 0.508 e. The van der Waals surface area contributed by atoms with Crippen LogP contribution >= 0.6 is 0 Å². The quantitative estimate of drug-likeness (QED) is 0.0712. The van der Waals surface area contributed by atoms with Gasteiger partial charge >= 0.3 is 0 Å². The van der Waals surface area contributed by atoms with Crippen molar-refractivity contribution in [3.8, 4) is 115 Å². The van der Waals surface area contributed by atoms with Crippen LogP contribution in [0.4, 0.5) is 0 Å². The molecular weight excluding hydrogens is 1550 g/mol. The minimum Gasteiger partial charge on any atom is -0.508 e. The Labute approximate surface area is 724 Å². The maximum absolute atomic E-state index is 10.9. The molecule has 3 aliphatic rings. The highest BCUT2D eigenvalue weighted by Gasteiger charge is 2.31. The molecule has 20 nitrogen and oxygen atoms in total. The SMILES string of the molecule is C.C.C=CCC1CCc2cc(c(O)cc2O)Cc2cc(c(O)cc2O)C(C)c2cc1c(O)cc2O.C=CCC1CCc2cc(c(O)cc2O)Cc2cc(c(O)cc2O)C(C)c2cc1c(O)cc2O.CC.CC.CC.CC.CC.CC.CC.CC.CC1c2cc(c(O)cc2O)Cc2cc(c(O)cc2O)CCC(c2ccc(O)cc2O)c2cc1c(O)cc2O. The summed E-state index contributed by atoms with van der Waals surface area (Å²) >= 11 is 0. The summed E-state index contributed by atoms with van der Waals surface area (Å²) in [5, 5.41) is 211. The van der Waals surface area contributed by atoms with Gasteiger partial charge in [0.15, 0.2) is 0 Å². The number of hydrogen-bond acceptors (Lipinski definition) is 20. The van der Waals surface area contributed by atoms with Gasteiger partial charge in [-0.1, -0.05) is 165 Å². The van der Waals surface area contributed by atoms with Gasteiger partial charge in [-0.2, -0.15) is 0 Å². The third-order valence-electron chi connectivity index (χ3n) is 20.8. The van der Waals surface area contributed by atoms with Crippen LogP contribution in [-0.2, 0) is 38.5 Å². The number of rotatable bonds is 5. The molecule has 18 bridgehead atoms. The van der Waals surface area contributed by atoms with Crippen molar-refractivity contribution in [3.63, 3.8) is 0 Å². The number of aromatic hydroxyl groups is 20. The molecule has 0 heterocycles. The lowest BCUT2D eigenvalue weighted by Crippen LogP contribution is -2.08. The van der Waals surface area contributed by atoms with Crippen LogP contribution in [0.3, 0.4) is 0 Å². The van der Waals surface area contributed by atoms with Gasteiger partial charge in [-0.3, -0.25) is 0 Å². The zero-order valence-corrected chi connectivity index (χ0v) is 73.4. The number of hydrogen-bond donors (Lipinski definition) is 20. The molecule has 0 aliphatic heterocycles. The van der Waals surface area contributed by atoms with E-state index >= 15 is 0 Å². The molecule has 10 aromatic carbocycles. The van der Waals surface area contributed by atoms with E-state index in [1.165, 1.54) is 66.7 Å². The van der Waals surface area contributed by atoms with Crippen molar-refractivity contribution in [2.45, 2.75) is 253 Å². The zero-order chi connectivity index (χ0) is 91.0. The van der Waals surface area contributed by atoms with E-state index in [1.807, 2.05) is 125 Å². The second-order valence-electron chi connectivity index (χ2n) is 27.4. The minimum absolute atomic E-state index is 0. The maximum atomic E-state index is 10.9. The highest BCUT2D eigenvalue weighted by Crippen LogP contribution is 2.51. The Hall–Kier alpha value is -12.3. The summed E-state index contributed by atoms with van der Waals surface area (Å²) in [5.41, 5.74) is 9.64. The van der Waals surface area contributed by atoms with E-state index in [4.69, 9.17) is 0 Å². The summed E-state index contributed by atoms with van der Waals surface area (Å²) in [6.07, 6.45) is 7.88. The predicted molar refractivity (Wildman–Crippen MR) is 495 cm³/mol. The molecule has 20 N–H and O–H groups in total. The van der Waals surface area contributed by atoms with E-state index in [0.29, 0.717) is 151 Å². The number of phenols is 20. The monoisotopic (exact) mass is 1680 g/mol. The average Bonchev–Trinajstić information content (AvgIpc) is 0.780. The predicted octanol–water partition coefficient (Wildman–Crippen LogP) is 25.2. The van der Waals surface area contributed by atoms with Gasteiger partial charge in [0.1, 0.15) is 115 Å². The van der Waals surface area contributed by atoms with E-state index in [1.54, 1.807) is 79.7 Å². The van der Waals surface area contributed by atoms with E-state index in [9.17, 15) is 102 Å². The van der Waals surface area contributed by atoms with E-state index < -0.39 is 23.7 Å². The molecule has 20 heteroatoms. The van der Waals surface area contributed by atoms with Crippen LogP contribution in [0.1, 0.15) is 320 Å². The van der Waals surface area contributed by atoms with Crippen molar-refractivity contribution in [2.24, 2.45) is 0 Å². The number of aryl methyl sites for hydroxylation is 3. The average molecular weight is 1690 g/mol. The first-order chi connectivity index (χ1) is 57.4. The Kier molecular flexibility index (Phi) is 45.3. The Morgan fingerprint density at radius 1 is 0.230 bits per heavy atom. The Morgan fingerprint density at radius 3 is 0.705 bits per heavy atom. The molecule has 0 radical (unpaired) electrons. The molecule has 6 unspecified atom stereocenters. The minimum atomic E-state index is -0.620. The topological polar surface area (TPSA) is 405 Å². The number of allylic oxidation sites excluding steroid dienone is 2. The van der Waals surface area contributed by atoms with Gasteiger partial charge in [-0.15, -0.1) is 13.2 Å². The van der Waals surface area contributed by atoms with Gasteiger partial charge in [0.2, 0.25) is 0 Å². The van der Waals surface area contributed by atoms with Crippen molar-refractivity contribution in [3.05, 3.63) is 258 Å². The van der Waals surface area contributed by atoms with Crippen LogP contribution in [0, 0.1) is 0 Å². The second kappa shape index (κ2) is 51.3. The Morgan fingerprint density at radius 2 is 0.434 bits per heavy atom. The number of phenolic OH excluding ortho intramolecular Hbond substituents is 20. The van der Waals surface area contributed by atoms with Crippen LogP contribution in [0.25, 0.3) is 0 Å². The summed E-state index contributed by atoms with van der Waals surface area (Å²) in [4.78, 5) is 0. The lowest BCUT2D eigenvalue weighted by Gasteiger charge is -2.24. The van der Waals surface area contributed by atoms with Crippen LogP contribution in [0.5, 0.6) is 115 Å². The summed E-state index contributed by atoms with van der Waals surface area (Å²) in [7, 11) is 0. The highest BCUT2D eigenvalue weighted by molar-refractivity contribution is 5.62. The molecule has 122 heavy (non-hydrogen) atoms. The van der Waals surface area contributed by atoms with E-state index in [-0.39, 0.29) is 167 Å². The molecule has 6 atom stereocenters. The first-order valence-corrected chi connectivity index (χ1v) is 42.1. The van der Waals surface area contributed by atoms with Gasteiger partial charge in [-0.25, -0.2) is 0 Å². The Bertz CT molecular complexity index is 4810. The molecule has 0 amide bonds. The molecular formula is C102H140O20. The van der Waals surface area contributed by atoms with Crippen molar-refractivity contribution < 1.29 is 102 Å². The van der Waals surface area contributed by atoms with Gasteiger partial charge < -0.3 is 102 Å². The lowest BCUT2D eigenvalue weighted by atomic mass is 9.81. The molecule has 3 aliphatic carbocycles. The lowest BCUT2D eigenvalue weighted by molar-refractivity contribution is 0.425. The highest BCUT2D eigenvalue weighted by atomic mass is 16.3. The van der Waals surface area contributed by atoms with Crippen LogP contribution in [0.15, 0.2) is 153 Å². The smallest absolute Gasteiger partial charge is 0.123 e. The molecule has 0 saturated carbocycles. The first-order valence-electron chi connectivity index (χ1n) is 42.1. The molecule has 0 aromatic heterocycles. The van der Waals surface area contributed by atoms with Crippen molar-refractivity contribution in [1.82, 2.24) is 0 Å². The third-order valence-corrected chi connectivity index (χ3v) is 20.8. The fraction of sp³-hybridized carbons (Fsp3) is 0.373. The summed E-state index contributed by atoms with van der Waals surface area (Å²) in [6, 6.07) is 30.7. The van der Waals surface area contributed by atoms with Gasteiger partial charge in [0, 0.05) is 148 Å². The number of benzene rings is 10. The molecule has 13 rings (SSSR count). The van der Waals surface area contributed by atoms with Crippen molar-refractivity contribution in [1.29, 1.82) is 0 Å². The molecule has 0 saturated heterocycles. The first kappa shape index (κ1) is 108. The van der Waals surface area contributed by atoms with Crippen molar-refractivity contribution in [2.75, 3.05) is 0 Å². The third kappa shape index (κ3) is 25.9. The summed E-state index contributed by atoms with van der Waals surface area (Å²) in [5.74, 6) is -4.69. The van der Waals surface area contributed by atoms with Crippen LogP contribution in [-0.4, -0.2) is 102 Å². The van der Waals surface area contributed by atoms with Gasteiger partial charge in [0.05, 0.1) is 0 Å². The fourth-order valence-corrected chi connectivity index (χ4v) is 14.8. The van der Waals surface area contributed by atoms with Gasteiger partial charge in [0.25, 0.3) is 0 Å². The number of fused-ring (bicyclic) bond motifs is 18. The summed E-state index contributed by atoms with van der Waals surface area (Å²) in [6.45, 7) is 45.1. The van der Waals surface area contributed by atoms with E-state index in [2.05, 4.69) is 13.2 Å². The summed E-state index contributed by atoms with van der Waals surface area (Å²) < 4.78 is 0. The second-order valence-corrected chi connectivity index (χ2v) is 27.4.